The molecule has 2 amide bonds. The van der Waals surface area contributed by atoms with Crippen LogP contribution in [0, 0.1) is 16.0 Å². The topological polar surface area (TPSA) is 115 Å². The molecule has 0 aliphatic carbocycles. The van der Waals surface area contributed by atoms with Gasteiger partial charge in [0.2, 0.25) is 5.91 Å². The fourth-order valence-electron chi connectivity index (χ4n) is 1.71. The highest BCUT2D eigenvalue weighted by Crippen LogP contribution is 2.14. The van der Waals surface area contributed by atoms with E-state index in [2.05, 4.69) is 5.32 Å². The van der Waals surface area contributed by atoms with Crippen LogP contribution in [0.2, 0.25) is 0 Å². The number of amides is 2. The maximum atomic E-state index is 12.0. The molecule has 1 rings (SSSR count). The van der Waals surface area contributed by atoms with E-state index in [4.69, 9.17) is 5.73 Å². The molecule has 0 spiro atoms. The number of nitro groups is 1. The molecule has 108 valence electrons. The summed E-state index contributed by atoms with van der Waals surface area (Å²) in [4.78, 5) is 33.4. The Morgan fingerprint density at radius 1 is 1.45 bits per heavy atom. The molecule has 7 nitrogen and oxygen atoms in total. The Balaban J connectivity index is 2.92. The van der Waals surface area contributed by atoms with Gasteiger partial charge in [0.1, 0.15) is 6.04 Å². The number of hydrogen-bond acceptors (Lipinski definition) is 4. The predicted molar refractivity (Wildman–Crippen MR) is 73.0 cm³/mol. The average molecular weight is 279 g/mol. The number of benzene rings is 1. The van der Waals surface area contributed by atoms with E-state index in [-0.39, 0.29) is 17.2 Å². The second kappa shape index (κ2) is 6.65. The number of carbonyl (C=O) groups excluding carboxylic acids is 2. The summed E-state index contributed by atoms with van der Waals surface area (Å²) in [6, 6.07) is 4.50. The van der Waals surface area contributed by atoms with Crippen molar-refractivity contribution in [3.63, 3.8) is 0 Å². The number of hydrogen-bond donors (Lipinski definition) is 2. The molecule has 7 heteroatoms. The summed E-state index contributed by atoms with van der Waals surface area (Å²) in [6.45, 7) is 3.67. The normalized spacial score (nSPS) is 13.3. The van der Waals surface area contributed by atoms with Crippen molar-refractivity contribution in [1.82, 2.24) is 5.32 Å². The molecule has 2 atom stereocenters. The molecule has 1 aromatic rings. The fourth-order valence-corrected chi connectivity index (χ4v) is 1.71. The van der Waals surface area contributed by atoms with Crippen molar-refractivity contribution in [3.05, 3.63) is 39.9 Å². The van der Waals surface area contributed by atoms with Crippen LogP contribution in [0.25, 0.3) is 0 Å². The average Bonchev–Trinajstić information content (AvgIpc) is 2.43. The van der Waals surface area contributed by atoms with Gasteiger partial charge in [-0.05, 0) is 12.0 Å². The van der Waals surface area contributed by atoms with Crippen LogP contribution in [0.3, 0.4) is 0 Å². The maximum Gasteiger partial charge on any atom is 0.270 e. The van der Waals surface area contributed by atoms with Gasteiger partial charge in [0.05, 0.1) is 4.92 Å². The van der Waals surface area contributed by atoms with Crippen molar-refractivity contribution in [2.45, 2.75) is 26.3 Å². The SMILES string of the molecule is CCC(C)C(NC(=O)c1cccc([N+](=O)[O-])c1)C(N)=O. The third-order valence-electron chi connectivity index (χ3n) is 3.13. The van der Waals surface area contributed by atoms with E-state index in [1.165, 1.54) is 18.2 Å². The first-order valence-electron chi connectivity index (χ1n) is 6.21. The number of primary amides is 1. The van der Waals surface area contributed by atoms with E-state index in [1.54, 1.807) is 6.92 Å². The van der Waals surface area contributed by atoms with Gasteiger partial charge in [0.15, 0.2) is 0 Å². The number of rotatable bonds is 6. The lowest BCUT2D eigenvalue weighted by Crippen LogP contribution is -2.48. The lowest BCUT2D eigenvalue weighted by Gasteiger charge is -2.21. The van der Waals surface area contributed by atoms with Gasteiger partial charge in [-0.3, -0.25) is 19.7 Å². The van der Waals surface area contributed by atoms with Crippen molar-refractivity contribution in [3.8, 4) is 0 Å². The molecule has 20 heavy (non-hydrogen) atoms. The minimum Gasteiger partial charge on any atom is -0.368 e. The first kappa shape index (κ1) is 15.6. The van der Waals surface area contributed by atoms with Crippen LogP contribution in [0.4, 0.5) is 5.69 Å². The smallest absolute Gasteiger partial charge is 0.270 e. The van der Waals surface area contributed by atoms with Gasteiger partial charge < -0.3 is 11.1 Å². The molecule has 0 aliphatic rings. The molecule has 0 aromatic heterocycles. The van der Waals surface area contributed by atoms with Crippen molar-refractivity contribution < 1.29 is 14.5 Å². The summed E-state index contributed by atoms with van der Waals surface area (Å²) < 4.78 is 0. The van der Waals surface area contributed by atoms with Gasteiger partial charge >= 0.3 is 0 Å². The third-order valence-corrected chi connectivity index (χ3v) is 3.13. The number of carbonyl (C=O) groups is 2. The Hall–Kier alpha value is -2.44. The van der Waals surface area contributed by atoms with Crippen LogP contribution in [0.15, 0.2) is 24.3 Å². The van der Waals surface area contributed by atoms with Crippen molar-refractivity contribution in [2.24, 2.45) is 11.7 Å². The molecule has 2 unspecified atom stereocenters. The van der Waals surface area contributed by atoms with Crippen LogP contribution in [-0.4, -0.2) is 22.8 Å². The second-order valence-corrected chi connectivity index (χ2v) is 4.55. The van der Waals surface area contributed by atoms with E-state index >= 15 is 0 Å². The number of nitrogens with zero attached hydrogens (tertiary/aromatic N) is 1. The van der Waals surface area contributed by atoms with Crippen LogP contribution in [0.1, 0.15) is 30.6 Å². The van der Waals surface area contributed by atoms with Crippen molar-refractivity contribution >= 4 is 17.5 Å². The Morgan fingerprint density at radius 2 is 2.10 bits per heavy atom. The maximum absolute atomic E-state index is 12.0. The minimum atomic E-state index is -0.799. The van der Waals surface area contributed by atoms with Gasteiger partial charge in [-0.2, -0.15) is 0 Å². The predicted octanol–water partition coefficient (Wildman–Crippen LogP) is 1.22. The molecule has 3 N–H and O–H groups in total. The van der Waals surface area contributed by atoms with Crippen molar-refractivity contribution in [1.29, 1.82) is 0 Å². The van der Waals surface area contributed by atoms with E-state index in [1.807, 2.05) is 6.92 Å². The Bertz CT molecular complexity index is 530. The highest BCUT2D eigenvalue weighted by atomic mass is 16.6. The number of nitrogens with one attached hydrogen (secondary N) is 1. The summed E-state index contributed by atoms with van der Waals surface area (Å²) in [7, 11) is 0. The first-order valence-corrected chi connectivity index (χ1v) is 6.21. The lowest BCUT2D eigenvalue weighted by molar-refractivity contribution is -0.384. The van der Waals surface area contributed by atoms with Crippen LogP contribution in [0.5, 0.6) is 0 Å². The zero-order valence-corrected chi connectivity index (χ0v) is 11.3. The highest BCUT2D eigenvalue weighted by Gasteiger charge is 2.24. The molecule has 0 saturated carbocycles. The van der Waals surface area contributed by atoms with E-state index in [0.29, 0.717) is 6.42 Å². The summed E-state index contributed by atoms with van der Waals surface area (Å²) in [5.41, 5.74) is 5.19. The number of non-ortho nitro benzene ring substituents is 1. The quantitative estimate of drug-likeness (QED) is 0.601. The summed E-state index contributed by atoms with van der Waals surface area (Å²) in [5, 5.41) is 13.2. The number of nitro benzene ring substituents is 1. The molecular formula is C13H17N3O4. The summed E-state index contributed by atoms with van der Waals surface area (Å²) in [5.74, 6) is -1.30. The Morgan fingerprint density at radius 3 is 2.60 bits per heavy atom. The van der Waals surface area contributed by atoms with E-state index < -0.39 is 22.8 Å². The molecule has 0 heterocycles. The molecule has 0 aliphatic heterocycles. The van der Waals surface area contributed by atoms with Crippen molar-refractivity contribution in [2.75, 3.05) is 0 Å². The second-order valence-electron chi connectivity index (χ2n) is 4.55. The minimum absolute atomic E-state index is 0.116. The van der Waals surface area contributed by atoms with E-state index in [9.17, 15) is 19.7 Å². The van der Waals surface area contributed by atoms with Gasteiger partial charge in [-0.1, -0.05) is 26.3 Å². The van der Waals surface area contributed by atoms with Gasteiger partial charge in [0, 0.05) is 17.7 Å². The molecule has 1 aromatic carbocycles. The molecular weight excluding hydrogens is 262 g/mol. The molecule has 0 saturated heterocycles. The van der Waals surface area contributed by atoms with Crippen LogP contribution < -0.4 is 11.1 Å². The lowest BCUT2D eigenvalue weighted by atomic mass is 9.98. The standard InChI is InChI=1S/C13H17N3O4/c1-3-8(2)11(12(14)17)15-13(18)9-5-4-6-10(7-9)16(19)20/h4-8,11H,3H2,1-2H3,(H2,14,17)(H,15,18). The Labute approximate surface area is 116 Å². The van der Waals surface area contributed by atoms with Gasteiger partial charge in [0.25, 0.3) is 11.6 Å². The molecule has 0 bridgehead atoms. The third kappa shape index (κ3) is 3.78. The highest BCUT2D eigenvalue weighted by molar-refractivity contribution is 5.97. The van der Waals surface area contributed by atoms with Crippen LogP contribution in [-0.2, 0) is 4.79 Å². The zero-order valence-electron chi connectivity index (χ0n) is 11.3. The first-order chi connectivity index (χ1) is 9.36. The molecule has 0 fully saturated rings. The fraction of sp³-hybridized carbons (Fsp3) is 0.385. The largest absolute Gasteiger partial charge is 0.368 e. The zero-order chi connectivity index (χ0) is 15.3. The molecule has 0 radical (unpaired) electrons. The van der Waals surface area contributed by atoms with Gasteiger partial charge in [-0.15, -0.1) is 0 Å². The Kier molecular flexibility index (Phi) is 5.19. The number of nitrogens with two attached hydrogens (primary N) is 1. The summed E-state index contributed by atoms with van der Waals surface area (Å²) in [6.07, 6.45) is 0.669. The monoisotopic (exact) mass is 279 g/mol. The van der Waals surface area contributed by atoms with Gasteiger partial charge in [-0.25, -0.2) is 0 Å². The summed E-state index contributed by atoms with van der Waals surface area (Å²) >= 11 is 0. The van der Waals surface area contributed by atoms with Crippen LogP contribution >= 0.6 is 0 Å². The van der Waals surface area contributed by atoms with E-state index in [0.717, 1.165) is 6.07 Å².